The van der Waals surface area contributed by atoms with Crippen molar-refractivity contribution in [2.75, 3.05) is 7.02 Å². The molecular formula is C6H13NO. The number of rotatable bonds is 2. The second-order valence-corrected chi connectivity index (χ2v) is 1.85. The highest BCUT2D eigenvalue weighted by Crippen LogP contribution is 1.97. The van der Waals surface area contributed by atoms with E-state index < -0.39 is 0 Å². The SMILES string of the molecule is [2H]CNC(=O)C(C)CC. The van der Waals surface area contributed by atoms with Gasteiger partial charge in [0.1, 0.15) is 0 Å². The van der Waals surface area contributed by atoms with Crippen molar-refractivity contribution in [3.8, 4) is 0 Å². The third-order valence-electron chi connectivity index (χ3n) is 1.23. The predicted molar refractivity (Wildman–Crippen MR) is 33.5 cm³/mol. The fraction of sp³-hybridized carbons (Fsp3) is 0.833. The normalized spacial score (nSPS) is 14.5. The zero-order chi connectivity index (χ0) is 7.28. The summed E-state index contributed by atoms with van der Waals surface area (Å²) in [5, 5.41) is 2.42. The summed E-state index contributed by atoms with van der Waals surface area (Å²) in [4.78, 5) is 10.7. The Labute approximate surface area is 51.7 Å². The molecule has 0 heterocycles. The van der Waals surface area contributed by atoms with Gasteiger partial charge in [0.2, 0.25) is 5.91 Å². The first-order chi connectivity index (χ1) is 4.22. The van der Waals surface area contributed by atoms with Gasteiger partial charge in [0.15, 0.2) is 0 Å². The molecule has 0 saturated carbocycles. The number of nitrogens with one attached hydrogen (secondary N) is 1. The Kier molecular flexibility index (Phi) is 2.43. The van der Waals surface area contributed by atoms with Crippen molar-refractivity contribution in [1.29, 1.82) is 0 Å². The Balaban J connectivity index is 3.46. The summed E-state index contributed by atoms with van der Waals surface area (Å²) in [5.74, 6) is 0.0304. The molecule has 1 N–H and O–H groups in total. The number of amides is 1. The number of hydrogen-bond acceptors (Lipinski definition) is 1. The maximum absolute atomic E-state index is 10.7. The lowest BCUT2D eigenvalue weighted by atomic mass is 10.1. The molecule has 0 aliphatic carbocycles. The van der Waals surface area contributed by atoms with Gasteiger partial charge >= 0.3 is 0 Å². The van der Waals surface area contributed by atoms with E-state index in [9.17, 15) is 4.79 Å². The van der Waals surface area contributed by atoms with Crippen molar-refractivity contribution < 1.29 is 6.17 Å². The molecule has 2 heteroatoms. The highest BCUT2D eigenvalue weighted by molar-refractivity contribution is 5.77. The summed E-state index contributed by atoms with van der Waals surface area (Å²) in [7, 11) is -0.0107. The van der Waals surface area contributed by atoms with E-state index in [0.717, 1.165) is 6.42 Å². The smallest absolute Gasteiger partial charge is 0.222 e. The molecule has 48 valence electrons. The van der Waals surface area contributed by atoms with Crippen molar-refractivity contribution in [1.82, 2.24) is 5.32 Å². The first-order valence-corrected chi connectivity index (χ1v) is 2.79. The standard InChI is InChI=1S/C6H13NO/c1-4-5(2)6(8)7-3/h5H,4H2,1-3H3,(H,7,8)/i3D. The Morgan fingerprint density at radius 2 is 2.62 bits per heavy atom. The lowest BCUT2D eigenvalue weighted by Gasteiger charge is -2.03. The largest absolute Gasteiger partial charge is 0.359 e. The molecule has 0 bridgehead atoms. The highest BCUT2D eigenvalue weighted by atomic mass is 16.1. The average Bonchev–Trinajstić information content (AvgIpc) is 1.87. The van der Waals surface area contributed by atoms with E-state index in [0.29, 0.717) is 0 Å². The van der Waals surface area contributed by atoms with E-state index in [1.807, 2.05) is 13.8 Å². The maximum atomic E-state index is 10.7. The van der Waals surface area contributed by atoms with Crippen LogP contribution in [0.4, 0.5) is 0 Å². The van der Waals surface area contributed by atoms with Crippen LogP contribution in [-0.4, -0.2) is 12.9 Å². The van der Waals surface area contributed by atoms with Crippen molar-refractivity contribution in [2.45, 2.75) is 20.3 Å². The number of carbonyl (C=O) groups excluding carboxylic acids is 1. The Morgan fingerprint density at radius 3 is 3.00 bits per heavy atom. The molecule has 0 spiro atoms. The molecule has 0 aliphatic heterocycles. The molecule has 0 rings (SSSR count). The van der Waals surface area contributed by atoms with Crippen molar-refractivity contribution >= 4 is 5.91 Å². The zero-order valence-electron chi connectivity index (χ0n) is 6.40. The molecule has 2 nitrogen and oxygen atoms in total. The van der Waals surface area contributed by atoms with Crippen LogP contribution in [-0.2, 0) is 4.79 Å². The Bertz CT molecular complexity index is 95.1. The van der Waals surface area contributed by atoms with Gasteiger partial charge in [0.25, 0.3) is 0 Å². The second-order valence-electron chi connectivity index (χ2n) is 1.85. The van der Waals surface area contributed by atoms with Gasteiger partial charge in [-0.15, -0.1) is 0 Å². The molecule has 1 amide bonds. The first-order valence-electron chi connectivity index (χ1n) is 3.50. The topological polar surface area (TPSA) is 29.1 Å². The van der Waals surface area contributed by atoms with Gasteiger partial charge in [0.05, 0.1) is 0 Å². The highest BCUT2D eigenvalue weighted by Gasteiger charge is 2.05. The Morgan fingerprint density at radius 1 is 2.00 bits per heavy atom. The van der Waals surface area contributed by atoms with Crippen LogP contribution in [0.25, 0.3) is 0 Å². The van der Waals surface area contributed by atoms with Crippen LogP contribution in [0.15, 0.2) is 0 Å². The summed E-state index contributed by atoms with van der Waals surface area (Å²) in [6, 6.07) is 0. The lowest BCUT2D eigenvalue weighted by Crippen LogP contribution is -2.24. The molecular weight excluding hydrogens is 102 g/mol. The van der Waals surface area contributed by atoms with E-state index in [1.165, 1.54) is 0 Å². The van der Waals surface area contributed by atoms with E-state index in [2.05, 4.69) is 5.32 Å². The Hall–Kier alpha value is -0.530. The fourth-order valence-corrected chi connectivity index (χ4v) is 0.360. The molecule has 0 aliphatic rings. The maximum Gasteiger partial charge on any atom is 0.222 e. The molecule has 0 fully saturated rings. The minimum Gasteiger partial charge on any atom is -0.359 e. The van der Waals surface area contributed by atoms with Gasteiger partial charge in [-0.05, 0) is 6.42 Å². The van der Waals surface area contributed by atoms with Gasteiger partial charge in [0, 0.05) is 14.3 Å². The summed E-state index contributed by atoms with van der Waals surface area (Å²) in [6.45, 7) is 3.80. The van der Waals surface area contributed by atoms with Crippen LogP contribution in [0, 0.1) is 5.92 Å². The minimum absolute atomic E-state index is 0.0107. The summed E-state index contributed by atoms with van der Waals surface area (Å²) in [5.41, 5.74) is 0. The lowest BCUT2D eigenvalue weighted by molar-refractivity contribution is -0.124. The molecule has 0 aromatic carbocycles. The third-order valence-corrected chi connectivity index (χ3v) is 1.23. The van der Waals surface area contributed by atoms with Gasteiger partial charge in [-0.25, -0.2) is 0 Å². The van der Waals surface area contributed by atoms with Crippen molar-refractivity contribution in [2.24, 2.45) is 5.92 Å². The van der Waals surface area contributed by atoms with Gasteiger partial charge in [-0.2, -0.15) is 0 Å². The monoisotopic (exact) mass is 116 g/mol. The van der Waals surface area contributed by atoms with E-state index in [-0.39, 0.29) is 18.8 Å². The van der Waals surface area contributed by atoms with Crippen LogP contribution in [0.1, 0.15) is 21.6 Å². The van der Waals surface area contributed by atoms with Crippen molar-refractivity contribution in [3.05, 3.63) is 0 Å². The fourth-order valence-electron chi connectivity index (χ4n) is 0.360. The molecule has 0 aromatic heterocycles. The van der Waals surface area contributed by atoms with Crippen LogP contribution in [0.5, 0.6) is 0 Å². The molecule has 0 saturated heterocycles. The van der Waals surface area contributed by atoms with Gasteiger partial charge in [-0.3, -0.25) is 4.79 Å². The van der Waals surface area contributed by atoms with Gasteiger partial charge in [-0.1, -0.05) is 13.8 Å². The molecule has 1 unspecified atom stereocenters. The van der Waals surface area contributed by atoms with Gasteiger partial charge < -0.3 is 5.32 Å². The van der Waals surface area contributed by atoms with Crippen LogP contribution < -0.4 is 5.32 Å². The van der Waals surface area contributed by atoms with E-state index in [1.54, 1.807) is 0 Å². The summed E-state index contributed by atoms with van der Waals surface area (Å²) < 4.78 is 6.67. The van der Waals surface area contributed by atoms with Crippen LogP contribution in [0.3, 0.4) is 0 Å². The zero-order valence-corrected chi connectivity index (χ0v) is 5.40. The van der Waals surface area contributed by atoms with Crippen molar-refractivity contribution in [3.63, 3.8) is 0 Å². The summed E-state index contributed by atoms with van der Waals surface area (Å²) >= 11 is 0. The van der Waals surface area contributed by atoms with E-state index in [4.69, 9.17) is 1.37 Å². The third kappa shape index (κ3) is 1.96. The number of hydrogen-bond donors (Lipinski definition) is 1. The van der Waals surface area contributed by atoms with E-state index >= 15 is 0 Å². The summed E-state index contributed by atoms with van der Waals surface area (Å²) in [6.07, 6.45) is 0.839. The van der Waals surface area contributed by atoms with Crippen LogP contribution in [0.2, 0.25) is 0 Å². The minimum atomic E-state index is -0.0208. The quantitative estimate of drug-likeness (QED) is 0.567. The molecule has 0 aromatic rings. The molecule has 0 radical (unpaired) electrons. The molecule has 8 heavy (non-hydrogen) atoms. The average molecular weight is 116 g/mol. The second kappa shape index (κ2) is 3.47. The predicted octanol–water partition coefficient (Wildman–Crippen LogP) is 0.778. The van der Waals surface area contributed by atoms with Crippen LogP contribution >= 0.6 is 0 Å². The molecule has 1 atom stereocenters. The number of carbonyl (C=O) groups is 1. The first kappa shape index (κ1) is 5.60.